The maximum absolute atomic E-state index is 11.5. The van der Waals surface area contributed by atoms with Crippen molar-refractivity contribution in [2.24, 2.45) is 0 Å². The van der Waals surface area contributed by atoms with E-state index >= 15 is 0 Å². The van der Waals surface area contributed by atoms with Gasteiger partial charge in [0.15, 0.2) is 0 Å². The normalized spacial score (nSPS) is 31.6. The highest BCUT2D eigenvalue weighted by atomic mass is 16.1. The highest BCUT2D eigenvalue weighted by Crippen LogP contribution is 2.27. The Morgan fingerprint density at radius 3 is 2.89 bits per heavy atom. The summed E-state index contributed by atoms with van der Waals surface area (Å²) in [5.74, 6) is 0.244. The van der Waals surface area contributed by atoms with Crippen LogP contribution in [-0.4, -0.2) is 48.6 Å². The van der Waals surface area contributed by atoms with Gasteiger partial charge in [-0.1, -0.05) is 0 Å². The van der Waals surface area contributed by atoms with Crippen molar-refractivity contribution in [1.29, 1.82) is 0 Å². The molecule has 0 radical (unpaired) electrons. The van der Waals surface area contributed by atoms with Crippen molar-refractivity contribution in [1.82, 2.24) is 15.5 Å². The molecule has 3 aliphatic rings. The van der Waals surface area contributed by atoms with Crippen LogP contribution in [0.25, 0.3) is 0 Å². The van der Waals surface area contributed by atoms with E-state index < -0.39 is 0 Å². The lowest BCUT2D eigenvalue weighted by atomic mass is 10.1. The van der Waals surface area contributed by atoms with Gasteiger partial charge in [0.2, 0.25) is 5.91 Å². The quantitative estimate of drug-likeness (QED) is 0.689. The number of amides is 1. The van der Waals surface area contributed by atoms with E-state index in [-0.39, 0.29) is 5.91 Å². The summed E-state index contributed by atoms with van der Waals surface area (Å²) < 4.78 is 0. The Morgan fingerprint density at radius 2 is 2.06 bits per heavy atom. The number of rotatable bonds is 6. The fourth-order valence-corrected chi connectivity index (χ4v) is 3.38. The van der Waals surface area contributed by atoms with Crippen LogP contribution in [0.15, 0.2) is 0 Å². The van der Waals surface area contributed by atoms with Crippen LogP contribution < -0.4 is 10.6 Å². The third-order valence-corrected chi connectivity index (χ3v) is 4.54. The Hall–Kier alpha value is -0.610. The number of hydrogen-bond donors (Lipinski definition) is 2. The Kier molecular flexibility index (Phi) is 3.85. The molecule has 0 bridgehead atoms. The summed E-state index contributed by atoms with van der Waals surface area (Å²) in [4.78, 5) is 14.1. The second-order valence-electron chi connectivity index (χ2n) is 6.04. The Bertz CT molecular complexity index is 303. The molecular weight excluding hydrogens is 226 g/mol. The lowest BCUT2D eigenvalue weighted by molar-refractivity contribution is -0.121. The molecule has 4 heteroatoms. The first-order valence-electron chi connectivity index (χ1n) is 7.60. The third kappa shape index (κ3) is 3.04. The zero-order valence-corrected chi connectivity index (χ0v) is 11.2. The topological polar surface area (TPSA) is 44.4 Å². The van der Waals surface area contributed by atoms with Gasteiger partial charge in [-0.2, -0.15) is 0 Å². The van der Waals surface area contributed by atoms with E-state index in [1.807, 2.05) is 0 Å². The zero-order chi connectivity index (χ0) is 12.4. The Morgan fingerprint density at radius 1 is 1.17 bits per heavy atom. The fourth-order valence-electron chi connectivity index (χ4n) is 3.38. The monoisotopic (exact) mass is 251 g/mol. The lowest BCUT2D eigenvalue weighted by Gasteiger charge is -2.21. The van der Waals surface area contributed by atoms with E-state index in [0.29, 0.717) is 18.5 Å². The first kappa shape index (κ1) is 12.4. The average Bonchev–Trinajstić information content (AvgIpc) is 2.91. The van der Waals surface area contributed by atoms with Crippen LogP contribution in [0.1, 0.15) is 44.9 Å². The number of carbonyl (C=O) groups excluding carboxylic acids is 1. The SMILES string of the molecule is O=C(CCCNC1CCN2CCCC12)NC1CC1. The van der Waals surface area contributed by atoms with Gasteiger partial charge in [-0.3, -0.25) is 9.69 Å². The number of fused-ring (bicyclic) bond motifs is 1. The molecule has 1 saturated carbocycles. The second-order valence-corrected chi connectivity index (χ2v) is 6.04. The molecular formula is C14H25N3O. The molecule has 3 rings (SSSR count). The van der Waals surface area contributed by atoms with Gasteiger partial charge in [0.25, 0.3) is 0 Å². The van der Waals surface area contributed by atoms with Crippen molar-refractivity contribution in [2.75, 3.05) is 19.6 Å². The standard InChI is InChI=1S/C14H25N3O/c18-14(16-11-5-6-11)4-1-8-15-12-7-10-17-9-2-3-13(12)17/h11-13,15H,1-10H2,(H,16,18). The van der Waals surface area contributed by atoms with Crippen molar-refractivity contribution in [2.45, 2.75) is 63.1 Å². The van der Waals surface area contributed by atoms with Crippen LogP contribution in [-0.2, 0) is 4.79 Å². The van der Waals surface area contributed by atoms with E-state index in [2.05, 4.69) is 15.5 Å². The molecule has 102 valence electrons. The second kappa shape index (κ2) is 5.57. The highest BCUT2D eigenvalue weighted by molar-refractivity contribution is 5.76. The zero-order valence-electron chi connectivity index (χ0n) is 11.2. The molecule has 0 spiro atoms. The average molecular weight is 251 g/mol. The van der Waals surface area contributed by atoms with E-state index in [4.69, 9.17) is 0 Å². The number of nitrogens with zero attached hydrogens (tertiary/aromatic N) is 1. The van der Waals surface area contributed by atoms with E-state index in [1.165, 1.54) is 45.2 Å². The minimum Gasteiger partial charge on any atom is -0.353 e. The molecule has 3 fully saturated rings. The molecule has 2 heterocycles. The van der Waals surface area contributed by atoms with E-state index in [9.17, 15) is 4.79 Å². The molecule has 0 aromatic rings. The van der Waals surface area contributed by atoms with Gasteiger partial charge in [0.05, 0.1) is 0 Å². The van der Waals surface area contributed by atoms with Crippen LogP contribution in [0.3, 0.4) is 0 Å². The smallest absolute Gasteiger partial charge is 0.220 e. The lowest BCUT2D eigenvalue weighted by Crippen LogP contribution is -2.39. The predicted molar refractivity (Wildman–Crippen MR) is 71.4 cm³/mol. The van der Waals surface area contributed by atoms with Crippen molar-refractivity contribution in [3.63, 3.8) is 0 Å². The van der Waals surface area contributed by atoms with Crippen LogP contribution in [0.2, 0.25) is 0 Å². The molecule has 0 aromatic carbocycles. The van der Waals surface area contributed by atoms with E-state index in [0.717, 1.165) is 19.0 Å². The summed E-state index contributed by atoms with van der Waals surface area (Å²) in [5.41, 5.74) is 0. The molecule has 1 amide bonds. The molecule has 2 N–H and O–H groups in total. The summed E-state index contributed by atoms with van der Waals surface area (Å²) in [6, 6.07) is 1.97. The molecule has 0 aromatic heterocycles. The summed E-state index contributed by atoms with van der Waals surface area (Å²) in [5, 5.41) is 6.70. The first-order valence-corrected chi connectivity index (χ1v) is 7.60. The van der Waals surface area contributed by atoms with Crippen LogP contribution in [0.4, 0.5) is 0 Å². The molecule has 2 atom stereocenters. The molecule has 2 saturated heterocycles. The summed E-state index contributed by atoms with van der Waals surface area (Å²) in [6.07, 6.45) is 8.05. The Balaban J connectivity index is 1.28. The summed E-state index contributed by atoms with van der Waals surface area (Å²) in [7, 11) is 0. The summed E-state index contributed by atoms with van der Waals surface area (Å²) >= 11 is 0. The largest absolute Gasteiger partial charge is 0.353 e. The van der Waals surface area contributed by atoms with Gasteiger partial charge >= 0.3 is 0 Å². The van der Waals surface area contributed by atoms with Crippen molar-refractivity contribution >= 4 is 5.91 Å². The van der Waals surface area contributed by atoms with Crippen molar-refractivity contribution in [3.8, 4) is 0 Å². The van der Waals surface area contributed by atoms with Crippen molar-refractivity contribution in [3.05, 3.63) is 0 Å². The van der Waals surface area contributed by atoms with Gasteiger partial charge in [-0.05, 0) is 51.6 Å². The first-order chi connectivity index (χ1) is 8.83. The summed E-state index contributed by atoms with van der Waals surface area (Å²) in [6.45, 7) is 3.56. The number of carbonyl (C=O) groups is 1. The number of hydrogen-bond acceptors (Lipinski definition) is 3. The highest BCUT2D eigenvalue weighted by Gasteiger charge is 2.36. The third-order valence-electron chi connectivity index (χ3n) is 4.54. The van der Waals surface area contributed by atoms with Gasteiger partial charge in [-0.15, -0.1) is 0 Å². The molecule has 18 heavy (non-hydrogen) atoms. The molecule has 2 unspecified atom stereocenters. The Labute approximate surface area is 109 Å². The van der Waals surface area contributed by atoms with Gasteiger partial charge in [0.1, 0.15) is 0 Å². The van der Waals surface area contributed by atoms with Crippen LogP contribution >= 0.6 is 0 Å². The van der Waals surface area contributed by atoms with Gasteiger partial charge in [-0.25, -0.2) is 0 Å². The van der Waals surface area contributed by atoms with E-state index in [1.54, 1.807) is 0 Å². The van der Waals surface area contributed by atoms with Gasteiger partial charge in [0, 0.05) is 31.1 Å². The van der Waals surface area contributed by atoms with Crippen LogP contribution in [0, 0.1) is 0 Å². The maximum Gasteiger partial charge on any atom is 0.220 e. The van der Waals surface area contributed by atoms with Crippen LogP contribution in [0.5, 0.6) is 0 Å². The number of nitrogens with one attached hydrogen (secondary N) is 2. The minimum atomic E-state index is 0.244. The van der Waals surface area contributed by atoms with Gasteiger partial charge < -0.3 is 10.6 Å². The molecule has 4 nitrogen and oxygen atoms in total. The fraction of sp³-hybridized carbons (Fsp3) is 0.929. The minimum absolute atomic E-state index is 0.244. The molecule has 1 aliphatic carbocycles. The van der Waals surface area contributed by atoms with Crippen molar-refractivity contribution < 1.29 is 4.79 Å². The molecule has 2 aliphatic heterocycles. The predicted octanol–water partition coefficient (Wildman–Crippen LogP) is 0.872. The maximum atomic E-state index is 11.5.